The second-order valence-electron chi connectivity index (χ2n) is 5.20. The molecule has 1 N–H and O–H groups in total. The van der Waals surface area contributed by atoms with E-state index in [0.717, 1.165) is 18.9 Å². The van der Waals surface area contributed by atoms with E-state index in [0.29, 0.717) is 12.0 Å². The summed E-state index contributed by atoms with van der Waals surface area (Å²) in [6.07, 6.45) is 2.43. The molecule has 0 aromatic heterocycles. The molecular weight excluding hydrogens is 196 g/mol. The summed E-state index contributed by atoms with van der Waals surface area (Å²) in [5, 5.41) is 9.11. The second-order valence-corrected chi connectivity index (χ2v) is 5.20. The Morgan fingerprint density at radius 3 is 2.75 bits per heavy atom. The van der Waals surface area contributed by atoms with Crippen LogP contribution in [0.5, 0.6) is 0 Å². The van der Waals surface area contributed by atoms with Crippen molar-refractivity contribution in [2.24, 2.45) is 11.8 Å². The van der Waals surface area contributed by atoms with Gasteiger partial charge in [-0.15, -0.1) is 0 Å². The van der Waals surface area contributed by atoms with Crippen molar-refractivity contribution >= 4 is 0 Å². The number of rotatable bonds is 2. The fraction of sp³-hybridized carbons (Fsp3) is 0.500. The number of fused-ring (bicyclic) bond motifs is 2. The summed E-state index contributed by atoms with van der Waals surface area (Å²) in [6, 6.07) is 13.8. The third-order valence-corrected chi connectivity index (χ3v) is 4.18. The highest BCUT2D eigenvalue weighted by molar-refractivity contribution is 5.13. The molecule has 2 aliphatic rings. The molecule has 1 heterocycles. The molecule has 0 spiro atoms. The summed E-state index contributed by atoms with van der Waals surface area (Å²) in [6.45, 7) is 2.37. The molecule has 1 unspecified atom stereocenters. The van der Waals surface area contributed by atoms with Gasteiger partial charge in [-0.1, -0.05) is 30.3 Å². The minimum absolute atomic E-state index is 0.317. The van der Waals surface area contributed by atoms with E-state index in [2.05, 4.69) is 36.4 Å². The van der Waals surface area contributed by atoms with Crippen molar-refractivity contribution in [1.29, 1.82) is 5.26 Å². The zero-order chi connectivity index (χ0) is 11.0. The molecule has 2 nitrogen and oxygen atoms in total. The van der Waals surface area contributed by atoms with Crippen LogP contribution in [0, 0.1) is 23.2 Å². The Morgan fingerprint density at radius 2 is 2.06 bits per heavy atom. The molecular formula is C14H17N2+. The van der Waals surface area contributed by atoms with E-state index in [-0.39, 0.29) is 0 Å². The first-order valence-corrected chi connectivity index (χ1v) is 6.15. The van der Waals surface area contributed by atoms with Crippen LogP contribution in [0.25, 0.3) is 0 Å². The van der Waals surface area contributed by atoms with Crippen molar-refractivity contribution in [3.63, 3.8) is 0 Å². The van der Waals surface area contributed by atoms with Gasteiger partial charge in [-0.25, -0.2) is 0 Å². The quantitative estimate of drug-likeness (QED) is 0.780. The number of piperidine rings is 1. The molecule has 4 atom stereocenters. The summed E-state index contributed by atoms with van der Waals surface area (Å²) in [5.41, 5.74) is 1.40. The molecule has 1 saturated carbocycles. The molecule has 1 aliphatic carbocycles. The molecule has 2 heteroatoms. The Morgan fingerprint density at radius 1 is 1.25 bits per heavy atom. The van der Waals surface area contributed by atoms with Crippen molar-refractivity contribution in [2.75, 3.05) is 6.54 Å². The van der Waals surface area contributed by atoms with Gasteiger partial charge in [0.05, 0.1) is 18.5 Å². The highest BCUT2D eigenvalue weighted by atomic mass is 15.2. The summed E-state index contributed by atoms with van der Waals surface area (Å²) < 4.78 is 0. The largest absolute Gasteiger partial charge is 0.327 e. The van der Waals surface area contributed by atoms with Gasteiger partial charge in [0, 0.05) is 17.9 Å². The Labute approximate surface area is 96.5 Å². The topological polar surface area (TPSA) is 28.2 Å². The van der Waals surface area contributed by atoms with Crippen LogP contribution in [0.4, 0.5) is 0 Å². The first kappa shape index (κ1) is 9.86. The molecule has 2 fully saturated rings. The van der Waals surface area contributed by atoms with Crippen molar-refractivity contribution < 1.29 is 4.90 Å². The first-order valence-electron chi connectivity index (χ1n) is 6.15. The molecule has 3 rings (SSSR count). The van der Waals surface area contributed by atoms with E-state index in [1.54, 1.807) is 4.90 Å². The van der Waals surface area contributed by atoms with Crippen LogP contribution < -0.4 is 4.90 Å². The summed E-state index contributed by atoms with van der Waals surface area (Å²) in [7, 11) is 0. The zero-order valence-corrected chi connectivity index (χ0v) is 9.39. The van der Waals surface area contributed by atoms with Crippen LogP contribution in [-0.4, -0.2) is 12.6 Å². The van der Waals surface area contributed by atoms with Crippen molar-refractivity contribution in [1.82, 2.24) is 0 Å². The van der Waals surface area contributed by atoms with E-state index in [4.69, 9.17) is 5.26 Å². The lowest BCUT2D eigenvalue weighted by Gasteiger charge is -2.26. The normalized spacial score (nSPS) is 36.2. The van der Waals surface area contributed by atoms with Gasteiger partial charge in [-0.05, 0) is 6.42 Å². The van der Waals surface area contributed by atoms with Crippen molar-refractivity contribution in [2.45, 2.75) is 25.4 Å². The third kappa shape index (κ3) is 1.62. The Bertz CT molecular complexity index is 406. The van der Waals surface area contributed by atoms with E-state index < -0.39 is 0 Å². The smallest absolute Gasteiger partial charge is 0.104 e. The van der Waals surface area contributed by atoms with Crippen LogP contribution in [-0.2, 0) is 6.54 Å². The van der Waals surface area contributed by atoms with Gasteiger partial charge in [-0.3, -0.25) is 0 Å². The number of benzene rings is 1. The molecule has 1 saturated heterocycles. The van der Waals surface area contributed by atoms with Crippen LogP contribution in [0.15, 0.2) is 30.3 Å². The van der Waals surface area contributed by atoms with Crippen LogP contribution in [0.2, 0.25) is 0 Å². The van der Waals surface area contributed by atoms with E-state index in [1.807, 2.05) is 0 Å². The molecule has 0 amide bonds. The number of nitrogens with one attached hydrogen (secondary N) is 1. The number of nitriles is 1. The van der Waals surface area contributed by atoms with E-state index in [9.17, 15) is 0 Å². The van der Waals surface area contributed by atoms with Gasteiger partial charge in [0.25, 0.3) is 0 Å². The lowest BCUT2D eigenvalue weighted by atomic mass is 9.99. The van der Waals surface area contributed by atoms with Crippen LogP contribution in [0.3, 0.4) is 0 Å². The summed E-state index contributed by atoms with van der Waals surface area (Å²) in [5.74, 6) is 1.13. The molecule has 1 aliphatic heterocycles. The predicted molar refractivity (Wildman–Crippen MR) is 61.6 cm³/mol. The molecule has 1 aromatic rings. The predicted octanol–water partition coefficient (Wildman–Crippen LogP) is 1.00. The van der Waals surface area contributed by atoms with E-state index >= 15 is 0 Å². The van der Waals surface area contributed by atoms with Gasteiger partial charge in [-0.2, -0.15) is 5.26 Å². The Hall–Kier alpha value is -1.33. The molecule has 2 bridgehead atoms. The SMILES string of the molecule is N#C[C@@H]1C[C@@H]2C[C@H]1[NH+](Cc1ccccc1)C2. The maximum absolute atomic E-state index is 9.11. The minimum atomic E-state index is 0.317. The molecule has 16 heavy (non-hydrogen) atoms. The Balaban J connectivity index is 1.72. The fourth-order valence-electron chi connectivity index (χ4n) is 3.49. The highest BCUT2D eigenvalue weighted by Gasteiger charge is 2.48. The van der Waals surface area contributed by atoms with E-state index in [1.165, 1.54) is 18.5 Å². The van der Waals surface area contributed by atoms with Crippen LogP contribution in [0.1, 0.15) is 18.4 Å². The average molecular weight is 213 g/mol. The number of hydrogen-bond acceptors (Lipinski definition) is 1. The maximum atomic E-state index is 9.11. The first-order chi connectivity index (χ1) is 7.86. The van der Waals surface area contributed by atoms with Gasteiger partial charge >= 0.3 is 0 Å². The zero-order valence-electron chi connectivity index (χ0n) is 9.39. The fourth-order valence-corrected chi connectivity index (χ4v) is 3.49. The number of quaternary nitrogens is 1. The molecule has 1 aromatic carbocycles. The number of hydrogen-bond donors (Lipinski definition) is 1. The van der Waals surface area contributed by atoms with Crippen molar-refractivity contribution in [3.05, 3.63) is 35.9 Å². The average Bonchev–Trinajstić information content (AvgIpc) is 2.89. The monoisotopic (exact) mass is 213 g/mol. The van der Waals surface area contributed by atoms with Gasteiger partial charge < -0.3 is 4.90 Å². The maximum Gasteiger partial charge on any atom is 0.104 e. The minimum Gasteiger partial charge on any atom is -0.327 e. The lowest BCUT2D eigenvalue weighted by molar-refractivity contribution is -0.933. The second kappa shape index (κ2) is 3.92. The van der Waals surface area contributed by atoms with Gasteiger partial charge in [0.2, 0.25) is 0 Å². The molecule has 0 radical (unpaired) electrons. The van der Waals surface area contributed by atoms with Gasteiger partial charge in [0.1, 0.15) is 12.6 Å². The standard InChI is InChI=1S/C14H16N2/c15-8-13-6-12-7-14(13)16(10-12)9-11-4-2-1-3-5-11/h1-5,12-14H,6-7,9-10H2/p+1/t12-,13+,14-/m1/s1. The summed E-state index contributed by atoms with van der Waals surface area (Å²) in [4.78, 5) is 1.63. The summed E-state index contributed by atoms with van der Waals surface area (Å²) >= 11 is 0. The molecule has 82 valence electrons. The third-order valence-electron chi connectivity index (χ3n) is 4.18. The Kier molecular flexibility index (Phi) is 2.41. The van der Waals surface area contributed by atoms with Gasteiger partial charge in [0.15, 0.2) is 0 Å². The van der Waals surface area contributed by atoms with Crippen LogP contribution >= 0.6 is 0 Å². The number of likely N-dealkylation sites (tertiary alicyclic amines) is 1. The highest BCUT2D eigenvalue weighted by Crippen LogP contribution is 2.32. The lowest BCUT2D eigenvalue weighted by Crippen LogP contribution is -3.14. The number of nitrogens with zero attached hydrogens (tertiary/aromatic N) is 1. The van der Waals surface area contributed by atoms with Crippen molar-refractivity contribution in [3.8, 4) is 6.07 Å².